The van der Waals surface area contributed by atoms with Gasteiger partial charge in [0, 0.05) is 19.0 Å². The molecule has 2 aliphatic rings. The first-order valence-corrected chi connectivity index (χ1v) is 8.33. The van der Waals surface area contributed by atoms with Crippen LogP contribution in [0.25, 0.3) is 0 Å². The molecule has 0 radical (unpaired) electrons. The molecule has 2 unspecified atom stereocenters. The number of aliphatic hydroxyl groups is 2. The van der Waals surface area contributed by atoms with E-state index in [2.05, 4.69) is 24.3 Å². The summed E-state index contributed by atoms with van der Waals surface area (Å²) in [5.41, 5.74) is 1.36. The van der Waals surface area contributed by atoms with Crippen molar-refractivity contribution in [2.45, 2.75) is 25.2 Å². The number of benzene rings is 1. The predicted molar refractivity (Wildman–Crippen MR) is 84.3 cm³/mol. The van der Waals surface area contributed by atoms with Gasteiger partial charge >= 0.3 is 0 Å². The van der Waals surface area contributed by atoms with Crippen molar-refractivity contribution in [1.29, 1.82) is 0 Å². The third-order valence-corrected chi connectivity index (χ3v) is 5.44. The summed E-state index contributed by atoms with van der Waals surface area (Å²) in [5, 5.41) is 18.3. The fourth-order valence-corrected chi connectivity index (χ4v) is 4.56. The lowest BCUT2D eigenvalue weighted by molar-refractivity contribution is -0.153. The van der Waals surface area contributed by atoms with Gasteiger partial charge in [0.25, 0.3) is 0 Å². The Balaban J connectivity index is 1.75. The predicted octanol–water partition coefficient (Wildman–Crippen LogP) is 1.63. The zero-order valence-corrected chi connectivity index (χ0v) is 12.9. The van der Waals surface area contributed by atoms with E-state index in [1.165, 1.54) is 12.0 Å². The Labute approximate surface area is 131 Å². The van der Waals surface area contributed by atoms with Crippen molar-refractivity contribution in [3.63, 3.8) is 0 Å². The van der Waals surface area contributed by atoms with Gasteiger partial charge in [0.05, 0.1) is 13.2 Å². The molecular weight excluding hydrogens is 278 g/mol. The summed E-state index contributed by atoms with van der Waals surface area (Å²) in [6.45, 7) is 0.558. The fraction of sp³-hybridized carbons (Fsp3) is 0.611. The van der Waals surface area contributed by atoms with Gasteiger partial charge in [0.2, 0.25) is 5.91 Å². The first kappa shape index (κ1) is 15.5. The van der Waals surface area contributed by atoms with Crippen LogP contribution in [0.3, 0.4) is 0 Å². The summed E-state index contributed by atoms with van der Waals surface area (Å²) in [7, 11) is 0. The average molecular weight is 303 g/mol. The standard InChI is InChI=1S/C18H25NO3/c20-11-9-19(10-12-21)18(22)17-14-7-4-8-15(17)16(14)13-5-2-1-3-6-13/h1-3,5-6,14-17,20-21H,4,7-12H2/t14-,15+,16?,17?. The molecule has 2 aliphatic carbocycles. The highest BCUT2D eigenvalue weighted by Crippen LogP contribution is 2.60. The quantitative estimate of drug-likeness (QED) is 0.840. The molecule has 3 rings (SSSR count). The molecule has 1 aromatic carbocycles. The highest BCUT2D eigenvalue weighted by atomic mass is 16.3. The Morgan fingerprint density at radius 2 is 1.64 bits per heavy atom. The lowest BCUT2D eigenvalue weighted by atomic mass is 9.48. The smallest absolute Gasteiger partial charge is 0.226 e. The van der Waals surface area contributed by atoms with Crippen molar-refractivity contribution < 1.29 is 15.0 Å². The van der Waals surface area contributed by atoms with Crippen molar-refractivity contribution in [2.24, 2.45) is 17.8 Å². The minimum absolute atomic E-state index is 0.0457. The number of carbonyl (C=O) groups is 1. The van der Waals surface area contributed by atoms with Crippen molar-refractivity contribution >= 4 is 5.91 Å². The van der Waals surface area contributed by atoms with Crippen LogP contribution in [0.1, 0.15) is 30.7 Å². The van der Waals surface area contributed by atoms with E-state index in [0.717, 1.165) is 12.8 Å². The van der Waals surface area contributed by atoms with Crippen LogP contribution in [-0.2, 0) is 4.79 Å². The fourth-order valence-electron chi connectivity index (χ4n) is 4.56. The third kappa shape index (κ3) is 2.66. The van der Waals surface area contributed by atoms with E-state index in [1.54, 1.807) is 4.90 Å². The van der Waals surface area contributed by atoms with Gasteiger partial charge < -0.3 is 15.1 Å². The maximum absolute atomic E-state index is 12.8. The van der Waals surface area contributed by atoms with Crippen LogP contribution in [0.15, 0.2) is 30.3 Å². The van der Waals surface area contributed by atoms with Gasteiger partial charge in [-0.15, -0.1) is 0 Å². The summed E-state index contributed by atoms with van der Waals surface area (Å²) in [6, 6.07) is 10.5. The first-order valence-electron chi connectivity index (χ1n) is 8.33. The molecule has 22 heavy (non-hydrogen) atoms. The highest BCUT2D eigenvalue weighted by molar-refractivity contribution is 5.81. The molecule has 2 saturated carbocycles. The second-order valence-corrected chi connectivity index (χ2v) is 6.49. The third-order valence-electron chi connectivity index (χ3n) is 5.44. The lowest BCUT2D eigenvalue weighted by Gasteiger charge is -2.56. The van der Waals surface area contributed by atoms with Crippen LogP contribution in [0.4, 0.5) is 0 Å². The van der Waals surface area contributed by atoms with Crippen LogP contribution in [0, 0.1) is 17.8 Å². The molecule has 4 heteroatoms. The van der Waals surface area contributed by atoms with E-state index in [4.69, 9.17) is 10.2 Å². The van der Waals surface area contributed by atoms with Crippen molar-refractivity contribution in [1.82, 2.24) is 4.90 Å². The number of rotatable bonds is 6. The number of amides is 1. The molecule has 4 atom stereocenters. The zero-order chi connectivity index (χ0) is 15.5. The lowest BCUT2D eigenvalue weighted by Crippen LogP contribution is -2.56. The molecule has 0 heterocycles. The van der Waals surface area contributed by atoms with Crippen LogP contribution >= 0.6 is 0 Å². The number of aliphatic hydroxyl groups excluding tert-OH is 2. The molecule has 120 valence electrons. The van der Waals surface area contributed by atoms with Gasteiger partial charge in [-0.25, -0.2) is 0 Å². The van der Waals surface area contributed by atoms with E-state index < -0.39 is 0 Å². The molecule has 2 fully saturated rings. The van der Waals surface area contributed by atoms with Crippen LogP contribution < -0.4 is 0 Å². The van der Waals surface area contributed by atoms with E-state index in [1.807, 2.05) is 6.07 Å². The largest absolute Gasteiger partial charge is 0.395 e. The topological polar surface area (TPSA) is 60.8 Å². The molecule has 1 aromatic rings. The zero-order valence-electron chi connectivity index (χ0n) is 12.9. The molecule has 2 bridgehead atoms. The second kappa shape index (κ2) is 6.80. The summed E-state index contributed by atoms with van der Waals surface area (Å²) < 4.78 is 0. The molecule has 4 nitrogen and oxygen atoms in total. The molecule has 0 aromatic heterocycles. The van der Waals surface area contributed by atoms with Crippen molar-refractivity contribution in [2.75, 3.05) is 26.3 Å². The Kier molecular flexibility index (Phi) is 4.79. The van der Waals surface area contributed by atoms with E-state index in [-0.39, 0.29) is 25.0 Å². The van der Waals surface area contributed by atoms with Gasteiger partial charge in [-0.05, 0) is 36.2 Å². The van der Waals surface area contributed by atoms with Crippen molar-refractivity contribution in [3.05, 3.63) is 35.9 Å². The van der Waals surface area contributed by atoms with Gasteiger partial charge in [0.15, 0.2) is 0 Å². The molecule has 1 amide bonds. The number of hydrogen-bond acceptors (Lipinski definition) is 3. The van der Waals surface area contributed by atoms with Gasteiger partial charge in [-0.3, -0.25) is 4.79 Å². The minimum Gasteiger partial charge on any atom is -0.395 e. The summed E-state index contributed by atoms with van der Waals surface area (Å²) in [5.74, 6) is 1.57. The summed E-state index contributed by atoms with van der Waals surface area (Å²) in [4.78, 5) is 14.4. The number of hydrogen-bond donors (Lipinski definition) is 2. The van der Waals surface area contributed by atoms with Gasteiger partial charge in [0.1, 0.15) is 0 Å². The van der Waals surface area contributed by atoms with E-state index >= 15 is 0 Å². The normalized spacial score (nSPS) is 29.7. The maximum Gasteiger partial charge on any atom is 0.226 e. The monoisotopic (exact) mass is 303 g/mol. The Hall–Kier alpha value is -1.39. The minimum atomic E-state index is -0.0457. The second-order valence-electron chi connectivity index (χ2n) is 6.49. The Morgan fingerprint density at radius 3 is 2.18 bits per heavy atom. The average Bonchev–Trinajstić information content (AvgIpc) is 2.56. The van der Waals surface area contributed by atoms with Crippen molar-refractivity contribution in [3.8, 4) is 0 Å². The molecule has 0 spiro atoms. The number of carbonyl (C=O) groups excluding carboxylic acids is 1. The Bertz CT molecular complexity index is 486. The van der Waals surface area contributed by atoms with Crippen LogP contribution in [0.5, 0.6) is 0 Å². The van der Waals surface area contributed by atoms with Crippen LogP contribution in [-0.4, -0.2) is 47.3 Å². The maximum atomic E-state index is 12.8. The summed E-state index contributed by atoms with van der Waals surface area (Å²) >= 11 is 0. The van der Waals surface area contributed by atoms with E-state index in [9.17, 15) is 4.79 Å². The van der Waals surface area contributed by atoms with E-state index in [0.29, 0.717) is 30.8 Å². The first-order chi connectivity index (χ1) is 10.8. The van der Waals surface area contributed by atoms with Crippen LogP contribution in [0.2, 0.25) is 0 Å². The van der Waals surface area contributed by atoms with Gasteiger partial charge in [-0.1, -0.05) is 36.8 Å². The molecular formula is C18H25NO3. The highest BCUT2D eigenvalue weighted by Gasteiger charge is 2.56. The summed E-state index contributed by atoms with van der Waals surface area (Å²) in [6.07, 6.45) is 3.43. The Morgan fingerprint density at radius 1 is 1.05 bits per heavy atom. The molecule has 0 aliphatic heterocycles. The molecule has 0 saturated heterocycles. The number of fused-ring (bicyclic) bond motifs is 2. The molecule has 2 N–H and O–H groups in total. The SMILES string of the molecule is O=C(C1[C@H]2CCC[C@@H]1C2c1ccccc1)N(CCO)CCO. The van der Waals surface area contributed by atoms with Gasteiger partial charge in [-0.2, -0.15) is 0 Å². The number of nitrogens with zero attached hydrogens (tertiary/aromatic N) is 1.